The van der Waals surface area contributed by atoms with E-state index in [1.54, 1.807) is 24.4 Å². The van der Waals surface area contributed by atoms with E-state index in [1.165, 1.54) is 28.7 Å². The Morgan fingerprint density at radius 1 is 1.18 bits per heavy atom. The zero-order valence-electron chi connectivity index (χ0n) is 21.4. The zero-order chi connectivity index (χ0) is 27.0. The van der Waals surface area contributed by atoms with Crippen LogP contribution in [0.1, 0.15) is 19.3 Å². The van der Waals surface area contributed by atoms with Crippen molar-refractivity contribution in [2.45, 2.75) is 46.8 Å². The number of H-pyrrole nitrogens is 1. The molecule has 3 aromatic rings. The van der Waals surface area contributed by atoms with Crippen molar-refractivity contribution in [2.75, 3.05) is 32.8 Å². The molecule has 5 N–H and O–H groups in total. The summed E-state index contributed by atoms with van der Waals surface area (Å²) in [6, 6.07) is 9.20. The molecule has 2 saturated heterocycles. The Morgan fingerprint density at radius 3 is 2.65 bits per heavy atom. The Balaban J connectivity index is 0.00000220. The summed E-state index contributed by atoms with van der Waals surface area (Å²) in [6.45, 7) is 1.39. The van der Waals surface area contributed by atoms with Gasteiger partial charge in [-0.2, -0.15) is 4.31 Å². The first-order valence-electron chi connectivity index (χ1n) is 12.3. The highest BCUT2D eigenvalue weighted by Gasteiger charge is 2.44. The fraction of sp³-hybridized carbons (Fsp3) is 0.458. The zero-order valence-corrected chi connectivity index (χ0v) is 24.7. The number of fused-ring (bicyclic) bond motifs is 1. The van der Waals surface area contributed by atoms with Gasteiger partial charge in [0.2, 0.25) is 20.0 Å². The van der Waals surface area contributed by atoms with Crippen LogP contribution in [0.3, 0.4) is 0 Å². The highest BCUT2D eigenvalue weighted by atomic mass is 35.5. The van der Waals surface area contributed by atoms with Gasteiger partial charge in [0.05, 0.1) is 28.1 Å². The van der Waals surface area contributed by atoms with Crippen molar-refractivity contribution in [1.29, 1.82) is 0 Å². The minimum Gasteiger partial charge on any atom is -0.491 e. The summed E-state index contributed by atoms with van der Waals surface area (Å²) in [6.07, 6.45) is 4.16. The van der Waals surface area contributed by atoms with Crippen LogP contribution in [-0.2, 0) is 24.8 Å². The third-order valence-corrected chi connectivity index (χ3v) is 9.85. The average Bonchev–Trinajstić information content (AvgIpc) is 3.53. The lowest BCUT2D eigenvalue weighted by Crippen LogP contribution is -2.47. The van der Waals surface area contributed by atoms with Gasteiger partial charge in [0.15, 0.2) is 0 Å². The van der Waals surface area contributed by atoms with E-state index in [0.29, 0.717) is 55.7 Å². The Labute approximate surface area is 245 Å². The molecule has 0 bridgehead atoms. The number of pyridine rings is 1. The summed E-state index contributed by atoms with van der Waals surface area (Å²) in [5, 5.41) is 18.8. The van der Waals surface area contributed by atoms with Crippen molar-refractivity contribution in [3.8, 4) is 5.75 Å². The van der Waals surface area contributed by atoms with Crippen LogP contribution in [-0.4, -0.2) is 86.8 Å². The summed E-state index contributed by atoms with van der Waals surface area (Å²) in [5.41, 5.74) is 0.991. The van der Waals surface area contributed by atoms with Gasteiger partial charge in [-0.05, 0) is 43.5 Å². The van der Waals surface area contributed by atoms with E-state index < -0.39 is 31.8 Å². The third-order valence-electron chi connectivity index (χ3n) is 7.07. The molecule has 12 nitrogen and oxygen atoms in total. The SMILES string of the molecule is Cl.Cl.NS(=O)(=O)c1cccc(OCC(O)CNC2COC3(CCN(S(=O)(=O)c4cnc5cc[nH]c5c4)CC3)C2)c1. The van der Waals surface area contributed by atoms with Crippen molar-refractivity contribution in [2.24, 2.45) is 5.14 Å². The number of rotatable bonds is 9. The number of primary sulfonamides is 1. The summed E-state index contributed by atoms with van der Waals surface area (Å²) >= 11 is 0. The lowest BCUT2D eigenvalue weighted by Gasteiger charge is -2.38. The number of benzene rings is 1. The smallest absolute Gasteiger partial charge is 0.244 e. The van der Waals surface area contributed by atoms with Crippen LogP contribution in [0.2, 0.25) is 0 Å². The van der Waals surface area contributed by atoms with Gasteiger partial charge >= 0.3 is 0 Å². The second-order valence-corrected chi connectivity index (χ2v) is 13.3. The number of sulfonamides is 2. The first kappa shape index (κ1) is 32.5. The van der Waals surface area contributed by atoms with E-state index >= 15 is 0 Å². The molecule has 4 heterocycles. The third kappa shape index (κ3) is 7.24. The lowest BCUT2D eigenvalue weighted by molar-refractivity contribution is -0.0312. The lowest BCUT2D eigenvalue weighted by atomic mass is 9.88. The molecule has 5 rings (SSSR count). The number of aliphatic hydroxyl groups is 1. The Bertz CT molecular complexity index is 1510. The molecular weight excluding hydrogens is 605 g/mol. The molecule has 2 aliphatic rings. The van der Waals surface area contributed by atoms with Crippen molar-refractivity contribution in [3.63, 3.8) is 0 Å². The van der Waals surface area contributed by atoms with Gasteiger partial charge in [0.1, 0.15) is 23.4 Å². The fourth-order valence-corrected chi connectivity index (χ4v) is 6.92. The Morgan fingerprint density at radius 2 is 1.93 bits per heavy atom. The van der Waals surface area contributed by atoms with Gasteiger partial charge in [-0.3, -0.25) is 4.98 Å². The molecule has 16 heteroatoms. The van der Waals surface area contributed by atoms with Crippen LogP contribution in [0.4, 0.5) is 0 Å². The number of hydrogen-bond donors (Lipinski definition) is 4. The van der Waals surface area contributed by atoms with Crippen molar-refractivity contribution >= 4 is 55.9 Å². The molecule has 1 spiro atoms. The topological polar surface area (TPSA) is 177 Å². The number of ether oxygens (including phenoxy) is 2. The molecule has 0 radical (unpaired) electrons. The molecule has 1 aromatic carbocycles. The van der Waals surface area contributed by atoms with Crippen molar-refractivity contribution < 1.29 is 31.4 Å². The molecule has 2 atom stereocenters. The normalized spacial score (nSPS) is 20.1. The maximum atomic E-state index is 13.2. The fourth-order valence-electron chi connectivity index (χ4n) is 4.96. The number of aromatic nitrogens is 2. The van der Waals surface area contributed by atoms with Gasteiger partial charge in [-0.25, -0.2) is 22.0 Å². The van der Waals surface area contributed by atoms with Crippen LogP contribution in [0.25, 0.3) is 11.0 Å². The van der Waals surface area contributed by atoms with Gasteiger partial charge in [-0.1, -0.05) is 6.07 Å². The van der Waals surface area contributed by atoms with Crippen LogP contribution in [0.5, 0.6) is 5.75 Å². The number of aliphatic hydroxyl groups excluding tert-OH is 1. The second-order valence-electron chi connectivity index (χ2n) is 9.77. The quantitative estimate of drug-likeness (QED) is 0.270. The van der Waals surface area contributed by atoms with Crippen LogP contribution >= 0.6 is 24.8 Å². The number of hydrogen-bond acceptors (Lipinski definition) is 9. The van der Waals surface area contributed by atoms with E-state index in [4.69, 9.17) is 14.6 Å². The molecule has 0 aliphatic carbocycles. The number of nitrogens with zero attached hydrogens (tertiary/aromatic N) is 2. The van der Waals surface area contributed by atoms with E-state index in [9.17, 15) is 21.9 Å². The number of halogens is 2. The van der Waals surface area contributed by atoms with E-state index in [1.807, 2.05) is 0 Å². The van der Waals surface area contributed by atoms with Crippen LogP contribution < -0.4 is 15.2 Å². The molecular formula is C24H33Cl2N5O7S2. The molecule has 2 fully saturated rings. The number of aromatic amines is 1. The number of piperidine rings is 1. The summed E-state index contributed by atoms with van der Waals surface area (Å²) in [4.78, 5) is 7.34. The molecule has 2 aromatic heterocycles. The van der Waals surface area contributed by atoms with Gasteiger partial charge in [0.25, 0.3) is 0 Å². The van der Waals surface area contributed by atoms with E-state index in [2.05, 4.69) is 15.3 Å². The first-order valence-corrected chi connectivity index (χ1v) is 15.3. The summed E-state index contributed by atoms with van der Waals surface area (Å²) in [5.74, 6) is 0.295. The van der Waals surface area contributed by atoms with Gasteiger partial charge < -0.3 is 24.9 Å². The standard InChI is InChI=1S/C24H31N5O7S2.2ClH/c25-37(31,32)20-3-1-2-19(10-20)35-16-18(30)13-27-17-12-24(36-15-17)5-8-29(9-6-24)38(33,34)21-11-23-22(28-14-21)4-7-26-23;;/h1-4,7,10-11,14,17-18,26-27,30H,5-6,8-9,12-13,15-16H2,(H2,25,31,32);2*1H. The van der Waals surface area contributed by atoms with Crippen LogP contribution in [0.15, 0.2) is 58.6 Å². The molecule has 0 saturated carbocycles. The second kappa shape index (κ2) is 12.9. The highest BCUT2D eigenvalue weighted by Crippen LogP contribution is 2.37. The van der Waals surface area contributed by atoms with Gasteiger partial charge in [-0.15, -0.1) is 24.8 Å². The van der Waals surface area contributed by atoms with Gasteiger partial charge in [0, 0.05) is 44.1 Å². The predicted molar refractivity (Wildman–Crippen MR) is 153 cm³/mol. The van der Waals surface area contributed by atoms with Crippen molar-refractivity contribution in [3.05, 3.63) is 48.8 Å². The minimum atomic E-state index is -3.84. The Hall–Kier alpha value is -2.01. The minimum absolute atomic E-state index is 0. The maximum Gasteiger partial charge on any atom is 0.244 e. The number of nitrogens with two attached hydrogens (primary N) is 1. The van der Waals surface area contributed by atoms with Crippen molar-refractivity contribution in [1.82, 2.24) is 19.6 Å². The molecule has 222 valence electrons. The van der Waals surface area contributed by atoms with Crippen LogP contribution in [0, 0.1) is 0 Å². The summed E-state index contributed by atoms with van der Waals surface area (Å²) < 4.78 is 62.4. The maximum absolute atomic E-state index is 13.2. The average molecular weight is 639 g/mol. The summed E-state index contributed by atoms with van der Waals surface area (Å²) in [7, 11) is -7.50. The monoisotopic (exact) mass is 637 g/mol. The predicted octanol–water partition coefficient (Wildman–Crippen LogP) is 1.40. The first-order chi connectivity index (χ1) is 18.0. The highest BCUT2D eigenvalue weighted by molar-refractivity contribution is 7.89. The molecule has 40 heavy (non-hydrogen) atoms. The molecule has 0 amide bonds. The molecule has 2 unspecified atom stereocenters. The molecule has 2 aliphatic heterocycles. The van der Waals surface area contributed by atoms with E-state index in [0.717, 1.165) is 0 Å². The Kier molecular flexibility index (Phi) is 10.5. The number of nitrogens with one attached hydrogen (secondary N) is 2. The van der Waals surface area contributed by atoms with E-state index in [-0.39, 0.29) is 53.8 Å². The largest absolute Gasteiger partial charge is 0.491 e.